The lowest BCUT2D eigenvalue weighted by atomic mass is 9.94. The molecular formula is C22H31FN4O. The van der Waals surface area contributed by atoms with Gasteiger partial charge in [0.1, 0.15) is 5.82 Å². The van der Waals surface area contributed by atoms with Crippen LogP contribution in [0.15, 0.2) is 22.7 Å². The summed E-state index contributed by atoms with van der Waals surface area (Å²) in [5.41, 5.74) is 1.28. The Morgan fingerprint density at radius 2 is 1.96 bits per heavy atom. The molecule has 28 heavy (non-hydrogen) atoms. The molecule has 1 aromatic carbocycles. The van der Waals surface area contributed by atoms with E-state index in [2.05, 4.69) is 26.9 Å². The zero-order chi connectivity index (χ0) is 19.5. The summed E-state index contributed by atoms with van der Waals surface area (Å²) in [7, 11) is 0. The lowest BCUT2D eigenvalue weighted by Crippen LogP contribution is -2.43. The Kier molecular flexibility index (Phi) is 6.07. The Morgan fingerprint density at radius 3 is 2.75 bits per heavy atom. The minimum absolute atomic E-state index is 0.241. The van der Waals surface area contributed by atoms with E-state index in [1.165, 1.54) is 51.4 Å². The van der Waals surface area contributed by atoms with E-state index in [0.29, 0.717) is 29.4 Å². The summed E-state index contributed by atoms with van der Waals surface area (Å²) in [6.45, 7) is 10.7. The number of aryl methyl sites for hydroxylation is 1. The molecule has 0 radical (unpaired) electrons. The number of aromatic nitrogens is 2. The molecule has 3 heterocycles. The van der Waals surface area contributed by atoms with E-state index in [4.69, 9.17) is 4.52 Å². The first kappa shape index (κ1) is 19.5. The molecule has 5 nitrogen and oxygen atoms in total. The van der Waals surface area contributed by atoms with Crippen molar-refractivity contribution in [3.63, 3.8) is 0 Å². The average molecular weight is 387 g/mol. The Bertz CT molecular complexity index is 785. The Hall–Kier alpha value is -1.79. The molecule has 4 rings (SSSR count). The van der Waals surface area contributed by atoms with Crippen LogP contribution in [-0.4, -0.2) is 52.7 Å². The molecule has 0 bridgehead atoms. The van der Waals surface area contributed by atoms with Gasteiger partial charge in [-0.3, -0.25) is 4.90 Å². The first-order chi connectivity index (χ1) is 13.6. The third-order valence-electron chi connectivity index (χ3n) is 6.25. The number of piperidine rings is 2. The van der Waals surface area contributed by atoms with Gasteiger partial charge in [-0.1, -0.05) is 24.2 Å². The molecule has 0 spiro atoms. The van der Waals surface area contributed by atoms with Crippen molar-refractivity contribution in [2.75, 3.05) is 32.7 Å². The summed E-state index contributed by atoms with van der Waals surface area (Å²) in [6.07, 6.45) is 5.20. The fourth-order valence-electron chi connectivity index (χ4n) is 4.41. The van der Waals surface area contributed by atoms with Gasteiger partial charge in [0.2, 0.25) is 11.7 Å². The van der Waals surface area contributed by atoms with Gasteiger partial charge >= 0.3 is 0 Å². The average Bonchev–Trinajstić information content (AvgIpc) is 3.15. The minimum Gasteiger partial charge on any atom is -0.338 e. The van der Waals surface area contributed by atoms with Gasteiger partial charge in [0.05, 0.1) is 6.54 Å². The molecule has 2 fully saturated rings. The number of likely N-dealkylation sites (tertiary alicyclic amines) is 2. The summed E-state index contributed by atoms with van der Waals surface area (Å²) >= 11 is 0. The highest BCUT2D eigenvalue weighted by molar-refractivity contribution is 5.54. The van der Waals surface area contributed by atoms with Crippen LogP contribution in [-0.2, 0) is 6.54 Å². The van der Waals surface area contributed by atoms with Gasteiger partial charge in [-0.25, -0.2) is 4.39 Å². The summed E-state index contributed by atoms with van der Waals surface area (Å²) in [4.78, 5) is 9.57. The minimum atomic E-state index is -0.241. The quantitative estimate of drug-likeness (QED) is 0.773. The van der Waals surface area contributed by atoms with E-state index in [0.717, 1.165) is 24.9 Å². The van der Waals surface area contributed by atoms with Crippen LogP contribution in [0.2, 0.25) is 0 Å². The van der Waals surface area contributed by atoms with Gasteiger partial charge in [-0.05, 0) is 75.7 Å². The van der Waals surface area contributed by atoms with Crippen molar-refractivity contribution >= 4 is 0 Å². The third-order valence-corrected chi connectivity index (χ3v) is 6.25. The van der Waals surface area contributed by atoms with E-state index in [1.807, 2.05) is 6.07 Å². The van der Waals surface area contributed by atoms with Crippen molar-refractivity contribution < 1.29 is 8.91 Å². The van der Waals surface area contributed by atoms with Gasteiger partial charge < -0.3 is 9.42 Å². The molecule has 2 aliphatic heterocycles. The van der Waals surface area contributed by atoms with Crippen molar-refractivity contribution in [3.8, 4) is 11.4 Å². The molecule has 2 aromatic rings. The van der Waals surface area contributed by atoms with Gasteiger partial charge in [0.25, 0.3) is 0 Å². The topological polar surface area (TPSA) is 45.4 Å². The molecule has 152 valence electrons. The van der Waals surface area contributed by atoms with Crippen molar-refractivity contribution in [3.05, 3.63) is 35.5 Å². The summed E-state index contributed by atoms with van der Waals surface area (Å²) in [5.74, 6) is 2.44. The zero-order valence-corrected chi connectivity index (χ0v) is 17.0. The largest absolute Gasteiger partial charge is 0.338 e. The maximum absolute atomic E-state index is 13.8. The molecule has 0 aliphatic carbocycles. The third kappa shape index (κ3) is 4.78. The van der Waals surface area contributed by atoms with Gasteiger partial charge in [-0.15, -0.1) is 0 Å². The highest BCUT2D eigenvalue weighted by Crippen LogP contribution is 2.24. The number of hydrogen-bond donors (Lipinski definition) is 0. The van der Waals surface area contributed by atoms with Gasteiger partial charge in [-0.2, -0.15) is 4.98 Å². The molecule has 0 amide bonds. The summed E-state index contributed by atoms with van der Waals surface area (Å²) in [6, 6.07) is 5.06. The van der Waals surface area contributed by atoms with E-state index < -0.39 is 0 Å². The van der Waals surface area contributed by atoms with Crippen LogP contribution in [0.4, 0.5) is 4.39 Å². The van der Waals surface area contributed by atoms with Crippen LogP contribution in [0.1, 0.15) is 44.1 Å². The highest BCUT2D eigenvalue weighted by Gasteiger charge is 2.25. The second-order valence-corrected chi connectivity index (χ2v) is 8.70. The van der Waals surface area contributed by atoms with Gasteiger partial charge in [0.15, 0.2) is 0 Å². The van der Waals surface area contributed by atoms with E-state index >= 15 is 0 Å². The molecule has 1 unspecified atom stereocenters. The van der Waals surface area contributed by atoms with Crippen molar-refractivity contribution in [2.45, 2.75) is 46.1 Å². The van der Waals surface area contributed by atoms with Crippen LogP contribution in [0.3, 0.4) is 0 Å². The second-order valence-electron chi connectivity index (χ2n) is 8.70. The molecule has 1 atom stereocenters. The Balaban J connectivity index is 1.32. The maximum Gasteiger partial charge on any atom is 0.241 e. The van der Waals surface area contributed by atoms with Crippen molar-refractivity contribution in [2.24, 2.45) is 11.8 Å². The van der Waals surface area contributed by atoms with E-state index in [-0.39, 0.29) is 5.82 Å². The summed E-state index contributed by atoms with van der Waals surface area (Å²) < 4.78 is 19.3. The first-order valence-electron chi connectivity index (χ1n) is 10.6. The number of halogens is 1. The van der Waals surface area contributed by atoms with Crippen LogP contribution < -0.4 is 0 Å². The molecule has 6 heteroatoms. The number of nitrogens with zero attached hydrogens (tertiary/aromatic N) is 4. The molecular weight excluding hydrogens is 355 g/mol. The molecule has 2 aliphatic rings. The first-order valence-corrected chi connectivity index (χ1v) is 10.6. The molecule has 1 aromatic heterocycles. The lowest BCUT2D eigenvalue weighted by molar-refractivity contribution is 0.102. The summed E-state index contributed by atoms with van der Waals surface area (Å²) in [5, 5.41) is 4.05. The van der Waals surface area contributed by atoms with Crippen LogP contribution in [0.5, 0.6) is 0 Å². The SMILES string of the molecule is Cc1ccc(-c2noc(CN3CCCC(CN4CCC(C)CC4)C3)n2)cc1F. The van der Waals surface area contributed by atoms with Crippen molar-refractivity contribution in [1.29, 1.82) is 0 Å². The molecule has 2 saturated heterocycles. The fraction of sp³-hybridized carbons (Fsp3) is 0.636. The number of hydrogen-bond acceptors (Lipinski definition) is 5. The highest BCUT2D eigenvalue weighted by atomic mass is 19.1. The molecule has 0 N–H and O–H groups in total. The predicted molar refractivity (Wildman–Crippen MR) is 107 cm³/mol. The lowest BCUT2D eigenvalue weighted by Gasteiger charge is -2.37. The maximum atomic E-state index is 13.8. The molecule has 0 saturated carbocycles. The number of rotatable bonds is 5. The van der Waals surface area contributed by atoms with Crippen LogP contribution in [0.25, 0.3) is 11.4 Å². The Labute approximate surface area is 166 Å². The fourth-order valence-corrected chi connectivity index (χ4v) is 4.41. The Morgan fingerprint density at radius 1 is 1.14 bits per heavy atom. The van der Waals surface area contributed by atoms with E-state index in [1.54, 1.807) is 13.0 Å². The number of benzene rings is 1. The normalized spacial score (nSPS) is 22.6. The van der Waals surface area contributed by atoms with Crippen LogP contribution >= 0.6 is 0 Å². The zero-order valence-electron chi connectivity index (χ0n) is 17.0. The van der Waals surface area contributed by atoms with E-state index in [9.17, 15) is 4.39 Å². The monoisotopic (exact) mass is 386 g/mol. The smallest absolute Gasteiger partial charge is 0.241 e. The predicted octanol–water partition coefficient (Wildman–Crippen LogP) is 4.13. The standard InChI is InChI=1S/C22H31FN4O/c1-16-7-10-26(11-8-16)13-18-4-3-9-27(14-18)15-21-24-22(25-28-21)19-6-5-17(2)20(23)12-19/h5-6,12,16,18H,3-4,7-11,13-15H2,1-2H3. The van der Waals surface area contributed by atoms with Crippen molar-refractivity contribution in [1.82, 2.24) is 19.9 Å². The second kappa shape index (κ2) is 8.70. The van der Waals surface area contributed by atoms with Gasteiger partial charge in [0, 0.05) is 18.7 Å². The van der Waals surface area contributed by atoms with Crippen LogP contribution in [0, 0.1) is 24.6 Å².